The smallest absolute Gasteiger partial charge is 0.136 e. The Balaban J connectivity index is 1.60. The van der Waals surface area contributed by atoms with E-state index in [0.29, 0.717) is 0 Å². The van der Waals surface area contributed by atoms with Crippen molar-refractivity contribution < 1.29 is 39.0 Å². The monoisotopic (exact) mass is 532 g/mol. The topological polar surface area (TPSA) is 26.3 Å². The van der Waals surface area contributed by atoms with Crippen LogP contribution in [0.5, 0.6) is 0 Å². The summed E-state index contributed by atoms with van der Waals surface area (Å²) in [5.74, 6) is 0. The predicted octanol–water partition coefficient (Wildman–Crippen LogP) is 11.1. The molecule has 2 aromatic heterocycles. The third-order valence-electron chi connectivity index (χ3n) is 6.71. The predicted molar refractivity (Wildman–Crippen MR) is 167 cm³/mol. The Kier molecular flexibility index (Phi) is 1.90. The van der Waals surface area contributed by atoms with Gasteiger partial charge in [0, 0.05) is 21.5 Å². The van der Waals surface area contributed by atoms with Gasteiger partial charge in [0.05, 0.1) is 30.2 Å². The van der Waals surface area contributed by atoms with E-state index in [1.807, 2.05) is 0 Å². The number of fused-ring (bicyclic) bond motifs is 9. The summed E-state index contributed by atoms with van der Waals surface area (Å²) in [5, 5.41) is -3.46. The van der Waals surface area contributed by atoms with E-state index in [2.05, 4.69) is 0 Å². The van der Waals surface area contributed by atoms with Crippen LogP contribution in [0.25, 0.3) is 87.7 Å². The van der Waals surface area contributed by atoms with Crippen molar-refractivity contribution in [2.75, 3.05) is 0 Å². The first-order chi connectivity index (χ1) is 29.0. The third kappa shape index (κ3) is 2.93. The van der Waals surface area contributed by atoms with Crippen LogP contribution in [0.3, 0.4) is 0 Å². The molecule has 2 heteroatoms. The molecule has 0 saturated carbocycles. The van der Waals surface area contributed by atoms with Crippen molar-refractivity contribution >= 4 is 65.4 Å². The summed E-state index contributed by atoms with van der Waals surface area (Å²) in [5.41, 5.74) is -4.34. The second-order valence-electron chi connectivity index (χ2n) is 8.77. The van der Waals surface area contributed by atoms with Crippen molar-refractivity contribution in [3.63, 3.8) is 0 Å². The van der Waals surface area contributed by atoms with E-state index in [-0.39, 0.29) is 32.7 Å². The number of benzene rings is 7. The van der Waals surface area contributed by atoms with Crippen LogP contribution in [0.1, 0.15) is 30.2 Å². The fourth-order valence-electron chi connectivity index (χ4n) is 5.12. The van der Waals surface area contributed by atoms with Crippen LogP contribution < -0.4 is 0 Å². The summed E-state index contributed by atoms with van der Waals surface area (Å²) < 4.78 is 206. The first-order valence-electron chi connectivity index (χ1n) is 22.8. The van der Waals surface area contributed by atoms with Gasteiger partial charge in [0.2, 0.25) is 0 Å². The van der Waals surface area contributed by atoms with Gasteiger partial charge in [-0.25, -0.2) is 0 Å². The zero-order valence-corrected chi connectivity index (χ0v) is 19.8. The Morgan fingerprint density at radius 2 is 0.825 bits per heavy atom. The van der Waals surface area contributed by atoms with Crippen molar-refractivity contribution in [3.05, 3.63) is 133 Å². The molecule has 0 atom stereocenters. The highest BCUT2D eigenvalue weighted by atomic mass is 16.3. The Morgan fingerprint density at radius 3 is 1.45 bits per heavy atom. The van der Waals surface area contributed by atoms with Gasteiger partial charge in [-0.05, 0) is 74.0 Å². The Bertz CT molecular complexity index is 3550. The molecule has 0 N–H and O–H groups in total. The molecule has 0 fully saturated rings. The zero-order chi connectivity index (χ0) is 45.4. The van der Waals surface area contributed by atoms with E-state index in [9.17, 15) is 6.85 Å². The lowest BCUT2D eigenvalue weighted by molar-refractivity contribution is 0.663. The van der Waals surface area contributed by atoms with Crippen molar-refractivity contribution in [1.29, 1.82) is 0 Å². The van der Waals surface area contributed by atoms with Crippen molar-refractivity contribution in [2.45, 2.75) is 0 Å². The van der Waals surface area contributed by atoms with E-state index in [4.69, 9.17) is 32.1 Å². The molecule has 40 heavy (non-hydrogen) atoms. The van der Waals surface area contributed by atoms with Crippen LogP contribution in [0.15, 0.2) is 142 Å². The normalized spacial score (nSPS) is 19.7. The lowest BCUT2D eigenvalue weighted by atomic mass is 9.86. The molecule has 9 rings (SSSR count). The summed E-state index contributed by atoms with van der Waals surface area (Å²) in [6.07, 6.45) is 0. The average molecular weight is 533 g/mol. The molecule has 9 aromatic rings. The number of para-hydroxylation sites is 1. The number of rotatable bonds is 2. The van der Waals surface area contributed by atoms with Gasteiger partial charge in [-0.15, -0.1) is 0 Å². The standard InChI is InChI=1S/C38H22O2/c1-2-10-23(11-3-1)35-25-12-4-6-14-27(25)36(28-15-7-5-13-26(28)35)24-18-19-30-34(22-24)40-33-21-20-32-37(38(30)33)29-16-8-9-17-31(29)39-32/h1-22H/i1D,2D,3D,4D,5D,6D,7D,8D,9D,10D,11D,12D,13D,14D,15D,16D,17D,18D,19D,20D,21D,22D. The lowest BCUT2D eigenvalue weighted by Gasteiger charge is -2.17. The van der Waals surface area contributed by atoms with Crippen molar-refractivity contribution in [1.82, 2.24) is 0 Å². The molecule has 0 aliphatic heterocycles. The number of furan rings is 2. The minimum Gasteiger partial charge on any atom is -0.456 e. The highest BCUT2D eigenvalue weighted by molar-refractivity contribution is 6.26. The van der Waals surface area contributed by atoms with Crippen LogP contribution in [-0.2, 0) is 0 Å². The molecular weight excluding hydrogens is 488 g/mol. The minimum atomic E-state index is -0.898. The summed E-state index contributed by atoms with van der Waals surface area (Å²) in [7, 11) is 0. The number of hydrogen-bond donors (Lipinski definition) is 0. The zero-order valence-electron chi connectivity index (χ0n) is 41.8. The SMILES string of the molecule is [2H]c1c([2H])c([2H])c(-c2c3c([2H])c([2H])c([2H])c([2H])c3c(-c3c([2H])c([2H])c4c(oc5c([2H])c([2H])c6oc7c([2H])c([2H])c([2H])c([2H])c7c6c54)c3[2H])c3c([2H])c([2H])c([2H])c([2H])c23)c([2H])c1[2H]. The largest absolute Gasteiger partial charge is 0.456 e. The minimum absolute atomic E-state index is 0.191. The molecular formula is C38H22O2. The second-order valence-corrected chi connectivity index (χ2v) is 8.77. The Labute approximate surface area is 260 Å². The molecule has 0 aliphatic rings. The van der Waals surface area contributed by atoms with Crippen LogP contribution in [0.4, 0.5) is 0 Å². The van der Waals surface area contributed by atoms with Gasteiger partial charge in [-0.3, -0.25) is 0 Å². The molecule has 0 unspecified atom stereocenters. The van der Waals surface area contributed by atoms with E-state index in [0.717, 1.165) is 0 Å². The molecule has 186 valence electrons. The quantitative estimate of drug-likeness (QED) is 0.207. The molecule has 0 aliphatic carbocycles. The molecule has 0 amide bonds. The average Bonchev–Trinajstić information content (AvgIpc) is 3.85. The van der Waals surface area contributed by atoms with Gasteiger partial charge in [-0.2, -0.15) is 0 Å². The Hall–Kier alpha value is -5.34. The van der Waals surface area contributed by atoms with Gasteiger partial charge in [0.1, 0.15) is 22.3 Å². The molecule has 0 radical (unpaired) electrons. The van der Waals surface area contributed by atoms with E-state index < -0.39 is 188 Å². The fraction of sp³-hybridized carbons (Fsp3) is 0. The van der Waals surface area contributed by atoms with Gasteiger partial charge in [0.15, 0.2) is 0 Å². The number of hydrogen-bond acceptors (Lipinski definition) is 2. The van der Waals surface area contributed by atoms with Crippen LogP contribution in [0.2, 0.25) is 0 Å². The van der Waals surface area contributed by atoms with E-state index in [1.165, 1.54) is 0 Å². The first kappa shape index (κ1) is 9.39. The van der Waals surface area contributed by atoms with Gasteiger partial charge < -0.3 is 8.83 Å². The lowest BCUT2D eigenvalue weighted by Crippen LogP contribution is -1.90. The Morgan fingerprint density at radius 1 is 0.350 bits per heavy atom. The maximum absolute atomic E-state index is 9.64. The summed E-state index contributed by atoms with van der Waals surface area (Å²) in [4.78, 5) is 0. The highest BCUT2D eigenvalue weighted by Gasteiger charge is 2.19. The second kappa shape index (κ2) is 8.08. The summed E-state index contributed by atoms with van der Waals surface area (Å²) in [6, 6.07) is -17.8. The maximum Gasteiger partial charge on any atom is 0.136 e. The first-order valence-corrected chi connectivity index (χ1v) is 11.8. The molecule has 0 bridgehead atoms. The maximum atomic E-state index is 9.64. The van der Waals surface area contributed by atoms with Crippen LogP contribution in [0, 0.1) is 0 Å². The molecule has 2 heterocycles. The van der Waals surface area contributed by atoms with Gasteiger partial charge in [-0.1, -0.05) is 103 Å². The van der Waals surface area contributed by atoms with Gasteiger partial charge >= 0.3 is 0 Å². The van der Waals surface area contributed by atoms with Crippen molar-refractivity contribution in [3.8, 4) is 22.3 Å². The molecule has 0 saturated heterocycles. The summed E-state index contributed by atoms with van der Waals surface area (Å²) in [6.45, 7) is 0. The van der Waals surface area contributed by atoms with Crippen LogP contribution in [-0.4, -0.2) is 0 Å². The van der Waals surface area contributed by atoms with Crippen molar-refractivity contribution in [2.24, 2.45) is 0 Å². The summed E-state index contributed by atoms with van der Waals surface area (Å²) >= 11 is 0. The van der Waals surface area contributed by atoms with Crippen LogP contribution >= 0.6 is 0 Å². The third-order valence-corrected chi connectivity index (χ3v) is 6.71. The molecule has 0 spiro atoms. The fourth-order valence-corrected chi connectivity index (χ4v) is 5.12. The van der Waals surface area contributed by atoms with E-state index in [1.54, 1.807) is 0 Å². The highest BCUT2D eigenvalue weighted by Crippen LogP contribution is 2.45. The molecule has 2 nitrogen and oxygen atoms in total. The van der Waals surface area contributed by atoms with E-state index >= 15 is 0 Å². The molecule has 7 aromatic carbocycles. The van der Waals surface area contributed by atoms with Gasteiger partial charge in [0.25, 0.3) is 0 Å².